The first-order chi connectivity index (χ1) is 12.1. The van der Waals surface area contributed by atoms with Crippen LogP contribution < -0.4 is 5.32 Å². The summed E-state index contributed by atoms with van der Waals surface area (Å²) in [6.07, 6.45) is 4.33. The van der Waals surface area contributed by atoms with Crippen LogP contribution in [0.15, 0.2) is 30.5 Å². The molecule has 1 aromatic carbocycles. The molecule has 0 spiro atoms. The van der Waals surface area contributed by atoms with Gasteiger partial charge in [0.25, 0.3) is 0 Å². The first kappa shape index (κ1) is 17.8. The summed E-state index contributed by atoms with van der Waals surface area (Å²) >= 11 is 0. The minimum atomic E-state index is 0.0796. The fourth-order valence-electron chi connectivity index (χ4n) is 3.34. The Labute approximate surface area is 150 Å². The highest BCUT2D eigenvalue weighted by molar-refractivity contribution is 6.00. The van der Waals surface area contributed by atoms with Crippen molar-refractivity contribution < 1.29 is 4.79 Å². The first-order valence-corrected chi connectivity index (χ1v) is 9.18. The molecule has 0 bridgehead atoms. The molecular weight excluding hydrogens is 312 g/mol. The Morgan fingerprint density at radius 1 is 1.20 bits per heavy atom. The molecule has 1 N–H and O–H groups in total. The van der Waals surface area contributed by atoms with Crippen molar-refractivity contribution >= 4 is 22.5 Å². The molecule has 0 atom stereocenters. The Balaban J connectivity index is 1.47. The summed E-state index contributed by atoms with van der Waals surface area (Å²) in [6.45, 7) is 7.71. The minimum Gasteiger partial charge on any atom is -0.324 e. The molecule has 1 amide bonds. The molecule has 0 unspecified atom stereocenters. The van der Waals surface area contributed by atoms with Gasteiger partial charge in [-0.3, -0.25) is 9.78 Å². The van der Waals surface area contributed by atoms with Crippen LogP contribution >= 0.6 is 0 Å². The second kappa shape index (κ2) is 8.41. The van der Waals surface area contributed by atoms with Crippen LogP contribution in [-0.4, -0.2) is 60.5 Å². The number of carbonyl (C=O) groups excluding carboxylic acids is 1. The molecule has 134 valence electrons. The Kier molecular flexibility index (Phi) is 6.00. The van der Waals surface area contributed by atoms with E-state index in [9.17, 15) is 4.79 Å². The fourth-order valence-corrected chi connectivity index (χ4v) is 3.34. The normalized spacial score (nSPS) is 16.2. The lowest BCUT2D eigenvalue weighted by molar-refractivity contribution is -0.116. The molecule has 5 heteroatoms. The molecule has 1 aromatic heterocycles. The first-order valence-electron chi connectivity index (χ1n) is 9.18. The van der Waals surface area contributed by atoms with E-state index in [0.29, 0.717) is 6.42 Å². The van der Waals surface area contributed by atoms with Crippen molar-refractivity contribution in [1.82, 2.24) is 14.8 Å². The number of nitrogens with one attached hydrogen (secondary N) is 1. The van der Waals surface area contributed by atoms with E-state index in [0.717, 1.165) is 67.7 Å². The number of unbranched alkanes of at least 4 members (excludes halogenated alkanes) is 1. The maximum Gasteiger partial charge on any atom is 0.224 e. The number of carbonyl (C=O) groups is 1. The molecule has 0 saturated carbocycles. The van der Waals surface area contributed by atoms with Gasteiger partial charge in [-0.15, -0.1) is 0 Å². The van der Waals surface area contributed by atoms with Gasteiger partial charge in [-0.1, -0.05) is 6.07 Å². The Morgan fingerprint density at radius 3 is 2.80 bits per heavy atom. The predicted molar refractivity (Wildman–Crippen MR) is 103 cm³/mol. The van der Waals surface area contributed by atoms with E-state index >= 15 is 0 Å². The van der Waals surface area contributed by atoms with Gasteiger partial charge in [-0.2, -0.15) is 0 Å². The number of anilines is 1. The topological polar surface area (TPSA) is 48.5 Å². The molecule has 2 heterocycles. The quantitative estimate of drug-likeness (QED) is 0.822. The van der Waals surface area contributed by atoms with Crippen LogP contribution in [0.3, 0.4) is 0 Å². The summed E-state index contributed by atoms with van der Waals surface area (Å²) in [5, 5.41) is 4.11. The van der Waals surface area contributed by atoms with E-state index < -0.39 is 0 Å². The summed E-state index contributed by atoms with van der Waals surface area (Å²) in [7, 11) is 2.17. The minimum absolute atomic E-state index is 0.0796. The second-order valence-corrected chi connectivity index (χ2v) is 7.04. The van der Waals surface area contributed by atoms with Crippen molar-refractivity contribution in [2.24, 2.45) is 0 Å². The van der Waals surface area contributed by atoms with Crippen LogP contribution in [0, 0.1) is 6.92 Å². The molecule has 0 radical (unpaired) electrons. The third kappa shape index (κ3) is 5.00. The molecule has 1 saturated heterocycles. The van der Waals surface area contributed by atoms with E-state index in [1.165, 1.54) is 0 Å². The highest BCUT2D eigenvalue weighted by Gasteiger charge is 2.13. The number of amides is 1. The van der Waals surface area contributed by atoms with Gasteiger partial charge in [0.2, 0.25) is 5.91 Å². The smallest absolute Gasteiger partial charge is 0.224 e. The van der Waals surface area contributed by atoms with Gasteiger partial charge in [-0.05, 0) is 57.1 Å². The lowest BCUT2D eigenvalue weighted by Crippen LogP contribution is -2.44. The van der Waals surface area contributed by atoms with E-state index in [2.05, 4.69) is 33.2 Å². The maximum absolute atomic E-state index is 12.3. The molecular formula is C20H28N4O. The number of hydrogen-bond donors (Lipinski definition) is 1. The molecule has 25 heavy (non-hydrogen) atoms. The molecule has 3 rings (SSSR count). The molecule has 2 aromatic rings. The van der Waals surface area contributed by atoms with Crippen LogP contribution in [0.4, 0.5) is 5.69 Å². The lowest BCUT2D eigenvalue weighted by atomic mass is 10.1. The predicted octanol–water partition coefficient (Wildman–Crippen LogP) is 2.90. The van der Waals surface area contributed by atoms with Crippen LogP contribution in [0.1, 0.15) is 24.8 Å². The number of benzene rings is 1. The summed E-state index contributed by atoms with van der Waals surface area (Å²) in [5.74, 6) is 0.0796. The molecule has 5 nitrogen and oxygen atoms in total. The number of aromatic nitrogens is 1. The number of aryl methyl sites for hydroxylation is 1. The number of rotatable bonds is 6. The van der Waals surface area contributed by atoms with E-state index in [4.69, 9.17) is 0 Å². The van der Waals surface area contributed by atoms with E-state index in [1.54, 1.807) is 6.20 Å². The van der Waals surface area contributed by atoms with Crippen LogP contribution in [-0.2, 0) is 4.79 Å². The van der Waals surface area contributed by atoms with Gasteiger partial charge in [0.05, 0.1) is 11.2 Å². The average molecular weight is 340 g/mol. The average Bonchev–Trinajstić information content (AvgIpc) is 2.60. The van der Waals surface area contributed by atoms with Crippen molar-refractivity contribution in [3.05, 3.63) is 36.0 Å². The van der Waals surface area contributed by atoms with Crippen molar-refractivity contribution in [1.29, 1.82) is 0 Å². The van der Waals surface area contributed by atoms with Gasteiger partial charge in [0, 0.05) is 44.2 Å². The van der Waals surface area contributed by atoms with Crippen molar-refractivity contribution in [2.45, 2.75) is 26.2 Å². The zero-order valence-corrected chi connectivity index (χ0v) is 15.3. The standard InChI is InChI=1S/C20H28N4O/c1-16-14-17-6-5-8-21-20(17)18(15-16)22-19(25)7-3-4-9-24-12-10-23(2)11-13-24/h5-6,8,14-15H,3-4,7,9-13H2,1-2H3,(H,22,25). The summed E-state index contributed by atoms with van der Waals surface area (Å²) in [5.41, 5.74) is 2.81. The van der Waals surface area contributed by atoms with Gasteiger partial charge >= 0.3 is 0 Å². The molecule has 1 aliphatic heterocycles. The Bertz CT molecular complexity index is 723. The third-order valence-electron chi connectivity index (χ3n) is 4.85. The molecule has 1 aliphatic rings. The number of likely N-dealkylation sites (N-methyl/N-ethyl adjacent to an activating group) is 1. The molecule has 1 fully saturated rings. The monoisotopic (exact) mass is 340 g/mol. The number of nitrogens with zero attached hydrogens (tertiary/aromatic N) is 3. The lowest BCUT2D eigenvalue weighted by Gasteiger charge is -2.32. The number of pyridine rings is 1. The molecule has 0 aliphatic carbocycles. The second-order valence-electron chi connectivity index (χ2n) is 7.04. The highest BCUT2D eigenvalue weighted by atomic mass is 16.1. The van der Waals surface area contributed by atoms with E-state index in [-0.39, 0.29) is 5.91 Å². The SMILES string of the molecule is Cc1cc(NC(=O)CCCCN2CCN(C)CC2)c2ncccc2c1. The fraction of sp³-hybridized carbons (Fsp3) is 0.500. The maximum atomic E-state index is 12.3. The number of hydrogen-bond acceptors (Lipinski definition) is 4. The third-order valence-corrected chi connectivity index (χ3v) is 4.85. The van der Waals surface area contributed by atoms with Crippen LogP contribution in [0.25, 0.3) is 10.9 Å². The number of piperazine rings is 1. The summed E-state index contributed by atoms with van der Waals surface area (Å²) < 4.78 is 0. The van der Waals surface area contributed by atoms with E-state index in [1.807, 2.05) is 25.1 Å². The number of fused-ring (bicyclic) bond motifs is 1. The summed E-state index contributed by atoms with van der Waals surface area (Å²) in [4.78, 5) is 21.6. The van der Waals surface area contributed by atoms with Crippen molar-refractivity contribution in [2.75, 3.05) is 45.1 Å². The zero-order chi connectivity index (χ0) is 17.6. The van der Waals surface area contributed by atoms with Crippen LogP contribution in [0.2, 0.25) is 0 Å². The van der Waals surface area contributed by atoms with Gasteiger partial charge in [0.1, 0.15) is 0 Å². The van der Waals surface area contributed by atoms with Gasteiger partial charge in [-0.25, -0.2) is 0 Å². The zero-order valence-electron chi connectivity index (χ0n) is 15.3. The van der Waals surface area contributed by atoms with Gasteiger partial charge < -0.3 is 15.1 Å². The van der Waals surface area contributed by atoms with Crippen molar-refractivity contribution in [3.8, 4) is 0 Å². The van der Waals surface area contributed by atoms with Gasteiger partial charge in [0.15, 0.2) is 0 Å². The summed E-state index contributed by atoms with van der Waals surface area (Å²) in [6, 6.07) is 8.04. The highest BCUT2D eigenvalue weighted by Crippen LogP contribution is 2.23. The largest absolute Gasteiger partial charge is 0.324 e. The Hall–Kier alpha value is -1.98. The van der Waals surface area contributed by atoms with Crippen LogP contribution in [0.5, 0.6) is 0 Å². The van der Waals surface area contributed by atoms with Crippen molar-refractivity contribution in [3.63, 3.8) is 0 Å². The Morgan fingerprint density at radius 2 is 2.00 bits per heavy atom.